The number of anilines is 1. The molecule has 1 fully saturated rings. The number of nitrogens with zero attached hydrogens (tertiary/aromatic N) is 1. The van der Waals surface area contributed by atoms with Gasteiger partial charge in [-0.1, -0.05) is 6.07 Å². The number of hydrogen-bond acceptors (Lipinski definition) is 2. The van der Waals surface area contributed by atoms with Gasteiger partial charge in [0.05, 0.1) is 5.69 Å². The summed E-state index contributed by atoms with van der Waals surface area (Å²) in [5.74, 6) is 0. The standard InChI is InChI=1S/C13H19BrN2/c1-2-16(11-4-5-11)13-6-3-10(7-8-15)9-12(13)14/h3,6,9,11H,2,4-5,7-8,15H2,1H3. The number of hydrogen-bond donors (Lipinski definition) is 1. The fraction of sp³-hybridized carbons (Fsp3) is 0.538. The second-order valence-electron chi connectivity index (χ2n) is 4.34. The highest BCUT2D eigenvalue weighted by Crippen LogP contribution is 2.35. The highest BCUT2D eigenvalue weighted by Gasteiger charge is 2.28. The van der Waals surface area contributed by atoms with Crippen LogP contribution in [0.4, 0.5) is 5.69 Å². The monoisotopic (exact) mass is 282 g/mol. The first-order valence-electron chi connectivity index (χ1n) is 6.01. The van der Waals surface area contributed by atoms with Crippen LogP contribution >= 0.6 is 15.9 Å². The summed E-state index contributed by atoms with van der Waals surface area (Å²) in [5.41, 5.74) is 8.20. The fourth-order valence-electron chi connectivity index (χ4n) is 2.12. The number of halogens is 1. The third kappa shape index (κ3) is 2.58. The molecule has 2 nitrogen and oxygen atoms in total. The van der Waals surface area contributed by atoms with Gasteiger partial charge in [-0.05, 0) is 66.4 Å². The van der Waals surface area contributed by atoms with E-state index in [1.54, 1.807) is 0 Å². The lowest BCUT2D eigenvalue weighted by atomic mass is 10.1. The molecule has 0 spiro atoms. The maximum atomic E-state index is 5.57. The molecule has 0 radical (unpaired) electrons. The van der Waals surface area contributed by atoms with Crippen molar-refractivity contribution in [2.45, 2.75) is 32.2 Å². The van der Waals surface area contributed by atoms with Crippen LogP contribution in [0.25, 0.3) is 0 Å². The Balaban J connectivity index is 2.20. The average molecular weight is 283 g/mol. The Morgan fingerprint density at radius 2 is 2.19 bits per heavy atom. The molecule has 88 valence electrons. The summed E-state index contributed by atoms with van der Waals surface area (Å²) in [5, 5.41) is 0. The molecule has 1 aromatic rings. The van der Waals surface area contributed by atoms with Crippen LogP contribution in [0.1, 0.15) is 25.3 Å². The number of benzene rings is 1. The maximum Gasteiger partial charge on any atom is 0.0513 e. The predicted molar refractivity (Wildman–Crippen MR) is 72.9 cm³/mol. The minimum atomic E-state index is 0.714. The summed E-state index contributed by atoms with van der Waals surface area (Å²) in [7, 11) is 0. The SMILES string of the molecule is CCN(c1ccc(CCN)cc1Br)C1CC1. The minimum absolute atomic E-state index is 0.714. The Kier molecular flexibility index (Phi) is 3.87. The van der Waals surface area contributed by atoms with E-state index in [0.29, 0.717) is 6.54 Å². The third-order valence-corrected chi connectivity index (χ3v) is 3.72. The largest absolute Gasteiger partial charge is 0.368 e. The van der Waals surface area contributed by atoms with Gasteiger partial charge in [0.2, 0.25) is 0 Å². The Hall–Kier alpha value is -0.540. The highest BCUT2D eigenvalue weighted by molar-refractivity contribution is 9.10. The average Bonchev–Trinajstić information content (AvgIpc) is 3.07. The lowest BCUT2D eigenvalue weighted by molar-refractivity contribution is 0.823. The lowest BCUT2D eigenvalue weighted by Crippen LogP contribution is -2.25. The smallest absolute Gasteiger partial charge is 0.0513 e. The van der Waals surface area contributed by atoms with Gasteiger partial charge in [0.25, 0.3) is 0 Å². The van der Waals surface area contributed by atoms with E-state index < -0.39 is 0 Å². The van der Waals surface area contributed by atoms with Crippen LogP contribution in [0, 0.1) is 0 Å². The molecule has 3 heteroatoms. The molecule has 1 aliphatic rings. The third-order valence-electron chi connectivity index (χ3n) is 3.08. The van der Waals surface area contributed by atoms with Crippen LogP contribution in [0.2, 0.25) is 0 Å². The van der Waals surface area contributed by atoms with Gasteiger partial charge in [-0.15, -0.1) is 0 Å². The van der Waals surface area contributed by atoms with Crippen molar-refractivity contribution in [1.82, 2.24) is 0 Å². The van der Waals surface area contributed by atoms with Crippen LogP contribution in [-0.2, 0) is 6.42 Å². The second kappa shape index (κ2) is 5.19. The first-order chi connectivity index (χ1) is 7.76. The molecule has 2 rings (SSSR count). The molecule has 0 amide bonds. The van der Waals surface area contributed by atoms with E-state index in [4.69, 9.17) is 5.73 Å². The quantitative estimate of drug-likeness (QED) is 0.900. The van der Waals surface area contributed by atoms with E-state index in [9.17, 15) is 0 Å². The van der Waals surface area contributed by atoms with Crippen LogP contribution in [-0.4, -0.2) is 19.1 Å². The number of nitrogens with two attached hydrogens (primary N) is 1. The molecule has 0 unspecified atom stereocenters. The summed E-state index contributed by atoms with van der Waals surface area (Å²) in [6, 6.07) is 7.38. The van der Waals surface area contributed by atoms with E-state index in [-0.39, 0.29) is 0 Å². The van der Waals surface area contributed by atoms with Crippen molar-refractivity contribution < 1.29 is 0 Å². The lowest BCUT2D eigenvalue weighted by Gasteiger charge is -2.24. The maximum absolute atomic E-state index is 5.57. The van der Waals surface area contributed by atoms with Crippen molar-refractivity contribution in [3.05, 3.63) is 28.2 Å². The molecule has 1 saturated carbocycles. The van der Waals surface area contributed by atoms with Crippen molar-refractivity contribution in [2.24, 2.45) is 5.73 Å². The van der Waals surface area contributed by atoms with Crippen molar-refractivity contribution >= 4 is 21.6 Å². The topological polar surface area (TPSA) is 29.3 Å². The van der Waals surface area contributed by atoms with Crippen molar-refractivity contribution in [3.8, 4) is 0 Å². The first-order valence-corrected chi connectivity index (χ1v) is 6.80. The van der Waals surface area contributed by atoms with Gasteiger partial charge < -0.3 is 10.6 Å². The van der Waals surface area contributed by atoms with E-state index in [1.807, 2.05) is 0 Å². The highest BCUT2D eigenvalue weighted by atomic mass is 79.9. The van der Waals surface area contributed by atoms with Crippen LogP contribution in [0.3, 0.4) is 0 Å². The van der Waals surface area contributed by atoms with E-state index in [0.717, 1.165) is 19.0 Å². The summed E-state index contributed by atoms with van der Waals surface area (Å²) in [4.78, 5) is 2.48. The zero-order valence-electron chi connectivity index (χ0n) is 9.75. The molecule has 0 saturated heterocycles. The second-order valence-corrected chi connectivity index (χ2v) is 5.20. The van der Waals surface area contributed by atoms with Crippen molar-refractivity contribution in [3.63, 3.8) is 0 Å². The summed E-state index contributed by atoms with van der Waals surface area (Å²) in [6.07, 6.45) is 3.63. The zero-order valence-corrected chi connectivity index (χ0v) is 11.3. The molecule has 1 aliphatic carbocycles. The summed E-state index contributed by atoms with van der Waals surface area (Å²) < 4.78 is 1.20. The molecule has 1 aromatic carbocycles. The van der Waals surface area contributed by atoms with Gasteiger partial charge in [0.1, 0.15) is 0 Å². The Bertz CT molecular complexity index is 361. The van der Waals surface area contributed by atoms with Gasteiger partial charge in [-0.25, -0.2) is 0 Å². The van der Waals surface area contributed by atoms with E-state index in [2.05, 4.69) is 46.0 Å². The Morgan fingerprint density at radius 1 is 1.44 bits per heavy atom. The molecule has 0 heterocycles. The number of rotatable bonds is 5. The van der Waals surface area contributed by atoms with Crippen LogP contribution in [0.5, 0.6) is 0 Å². The van der Waals surface area contributed by atoms with Gasteiger partial charge in [-0.2, -0.15) is 0 Å². The minimum Gasteiger partial charge on any atom is -0.368 e. The van der Waals surface area contributed by atoms with E-state index in [1.165, 1.54) is 28.6 Å². The molecular formula is C13H19BrN2. The molecule has 2 N–H and O–H groups in total. The molecule has 0 aromatic heterocycles. The molecule has 16 heavy (non-hydrogen) atoms. The van der Waals surface area contributed by atoms with Crippen LogP contribution in [0.15, 0.2) is 22.7 Å². The molecule has 0 atom stereocenters. The molecular weight excluding hydrogens is 264 g/mol. The Labute approximate surface area is 106 Å². The summed E-state index contributed by atoms with van der Waals surface area (Å²) in [6.45, 7) is 4.02. The van der Waals surface area contributed by atoms with Gasteiger partial charge in [-0.3, -0.25) is 0 Å². The first kappa shape index (κ1) is 11.9. The van der Waals surface area contributed by atoms with E-state index >= 15 is 0 Å². The van der Waals surface area contributed by atoms with Crippen molar-refractivity contribution in [2.75, 3.05) is 18.0 Å². The van der Waals surface area contributed by atoms with Crippen molar-refractivity contribution in [1.29, 1.82) is 0 Å². The van der Waals surface area contributed by atoms with Crippen LogP contribution < -0.4 is 10.6 Å². The molecule has 0 bridgehead atoms. The fourth-order valence-corrected chi connectivity index (χ4v) is 2.77. The van der Waals surface area contributed by atoms with Gasteiger partial charge in [0, 0.05) is 17.1 Å². The van der Waals surface area contributed by atoms with Gasteiger partial charge in [0.15, 0.2) is 0 Å². The Morgan fingerprint density at radius 3 is 2.69 bits per heavy atom. The predicted octanol–water partition coefficient (Wildman–Crippen LogP) is 2.94. The van der Waals surface area contributed by atoms with Gasteiger partial charge >= 0.3 is 0 Å². The molecule has 0 aliphatic heterocycles. The zero-order chi connectivity index (χ0) is 11.5. The summed E-state index contributed by atoms with van der Waals surface area (Å²) >= 11 is 3.67. The normalized spacial score (nSPS) is 15.2.